The maximum Gasteiger partial charge on any atom is 0.255 e. The average Bonchev–Trinajstić information content (AvgIpc) is 2.90. The average molecular weight is 475 g/mol. The zero-order valence-electron chi connectivity index (χ0n) is 20.0. The molecule has 1 aliphatic rings. The number of amides is 2. The molecule has 2 amide bonds. The van der Waals surface area contributed by atoms with Crippen LogP contribution >= 0.6 is 0 Å². The van der Waals surface area contributed by atoms with Gasteiger partial charge < -0.3 is 25.0 Å². The van der Waals surface area contributed by atoms with Gasteiger partial charge in [-0.05, 0) is 68.3 Å². The van der Waals surface area contributed by atoms with Crippen molar-refractivity contribution in [2.75, 3.05) is 42.3 Å². The second-order valence-electron chi connectivity index (χ2n) is 8.27. The molecule has 3 aromatic rings. The van der Waals surface area contributed by atoms with E-state index in [4.69, 9.17) is 9.47 Å². The van der Waals surface area contributed by atoms with Crippen molar-refractivity contribution in [2.45, 2.75) is 19.8 Å². The minimum atomic E-state index is -0.205. The number of piperidine rings is 1. The van der Waals surface area contributed by atoms with Crippen LogP contribution in [0.4, 0.5) is 17.2 Å². The Morgan fingerprint density at radius 1 is 1.03 bits per heavy atom. The Bertz CT molecular complexity index is 1160. The van der Waals surface area contributed by atoms with Gasteiger partial charge in [0, 0.05) is 36.5 Å². The Morgan fingerprint density at radius 3 is 2.49 bits per heavy atom. The van der Waals surface area contributed by atoms with E-state index in [0.29, 0.717) is 55.2 Å². The van der Waals surface area contributed by atoms with E-state index in [0.717, 1.165) is 11.6 Å². The van der Waals surface area contributed by atoms with Gasteiger partial charge in [-0.3, -0.25) is 9.59 Å². The van der Waals surface area contributed by atoms with Crippen LogP contribution in [0.5, 0.6) is 11.5 Å². The number of rotatable bonds is 8. The molecule has 8 heteroatoms. The molecule has 2 aromatic carbocycles. The Balaban J connectivity index is 1.33. The molecule has 182 valence electrons. The SMILES string of the molecule is CCOc1ccc(NC(=O)c2ccnc(N3CCC(C(=O)Nc4ccccc4OC)CC3)c2)cc1. The molecular weight excluding hydrogens is 444 g/mol. The van der Waals surface area contributed by atoms with Gasteiger partial charge in [0.15, 0.2) is 0 Å². The quantitative estimate of drug-likeness (QED) is 0.496. The number of hydrogen-bond acceptors (Lipinski definition) is 6. The van der Waals surface area contributed by atoms with Gasteiger partial charge >= 0.3 is 0 Å². The number of para-hydroxylation sites is 2. The van der Waals surface area contributed by atoms with Gasteiger partial charge in [0.2, 0.25) is 5.91 Å². The first-order valence-corrected chi connectivity index (χ1v) is 11.8. The second kappa shape index (κ2) is 11.4. The standard InChI is InChI=1S/C27H30N4O4/c1-3-35-22-10-8-21(9-11-22)29-27(33)20-12-15-28-25(18-20)31-16-13-19(14-17-31)26(32)30-23-6-4-5-7-24(23)34-2/h4-12,15,18-19H,3,13-14,16-17H2,1-2H3,(H,29,33)(H,30,32). The monoisotopic (exact) mass is 474 g/mol. The van der Waals surface area contributed by atoms with E-state index in [2.05, 4.69) is 20.5 Å². The zero-order chi connectivity index (χ0) is 24.6. The Morgan fingerprint density at radius 2 is 1.77 bits per heavy atom. The molecule has 4 rings (SSSR count). The number of pyridine rings is 1. The third-order valence-electron chi connectivity index (χ3n) is 5.99. The van der Waals surface area contributed by atoms with Crippen LogP contribution in [0.25, 0.3) is 0 Å². The minimum absolute atomic E-state index is 0.00871. The molecule has 35 heavy (non-hydrogen) atoms. The molecule has 1 fully saturated rings. The predicted octanol–water partition coefficient (Wildman–Crippen LogP) is 4.60. The number of anilines is 3. The van der Waals surface area contributed by atoms with E-state index in [-0.39, 0.29) is 17.7 Å². The number of hydrogen-bond donors (Lipinski definition) is 2. The van der Waals surface area contributed by atoms with E-state index in [1.807, 2.05) is 55.5 Å². The van der Waals surface area contributed by atoms with Crippen molar-refractivity contribution in [3.63, 3.8) is 0 Å². The highest BCUT2D eigenvalue weighted by molar-refractivity contribution is 6.04. The van der Waals surface area contributed by atoms with Gasteiger partial charge in [-0.25, -0.2) is 4.98 Å². The van der Waals surface area contributed by atoms with Crippen molar-refractivity contribution >= 4 is 29.0 Å². The largest absolute Gasteiger partial charge is 0.495 e. The molecule has 1 saturated heterocycles. The molecule has 2 N–H and O–H groups in total. The van der Waals surface area contributed by atoms with Crippen molar-refractivity contribution in [2.24, 2.45) is 5.92 Å². The van der Waals surface area contributed by atoms with Gasteiger partial charge in [-0.2, -0.15) is 0 Å². The highest BCUT2D eigenvalue weighted by Gasteiger charge is 2.26. The maximum atomic E-state index is 12.8. The van der Waals surface area contributed by atoms with Crippen LogP contribution in [-0.4, -0.2) is 43.6 Å². The number of benzene rings is 2. The highest BCUT2D eigenvalue weighted by Crippen LogP contribution is 2.27. The lowest BCUT2D eigenvalue weighted by Crippen LogP contribution is -2.38. The summed E-state index contributed by atoms with van der Waals surface area (Å²) >= 11 is 0. The first kappa shape index (κ1) is 24.1. The van der Waals surface area contributed by atoms with Crippen LogP contribution in [-0.2, 0) is 4.79 Å². The van der Waals surface area contributed by atoms with Gasteiger partial charge in [0.25, 0.3) is 5.91 Å². The smallest absolute Gasteiger partial charge is 0.255 e. The van der Waals surface area contributed by atoms with Crippen molar-refractivity contribution in [1.82, 2.24) is 4.98 Å². The molecule has 0 unspecified atom stereocenters. The summed E-state index contributed by atoms with van der Waals surface area (Å²) in [6.07, 6.45) is 3.04. The Labute approximate surface area is 205 Å². The molecule has 0 radical (unpaired) electrons. The number of aromatic nitrogens is 1. The first-order chi connectivity index (χ1) is 17.1. The summed E-state index contributed by atoms with van der Waals surface area (Å²) in [4.78, 5) is 32.1. The Kier molecular flexibility index (Phi) is 7.82. The number of nitrogens with zero attached hydrogens (tertiary/aromatic N) is 2. The molecule has 1 aromatic heterocycles. The van der Waals surface area contributed by atoms with Crippen molar-refractivity contribution in [3.8, 4) is 11.5 Å². The van der Waals surface area contributed by atoms with Crippen LogP contribution in [0.1, 0.15) is 30.1 Å². The van der Waals surface area contributed by atoms with Crippen LogP contribution in [0.15, 0.2) is 66.9 Å². The molecule has 8 nitrogen and oxygen atoms in total. The zero-order valence-corrected chi connectivity index (χ0v) is 20.0. The lowest BCUT2D eigenvalue weighted by molar-refractivity contribution is -0.120. The van der Waals surface area contributed by atoms with Crippen LogP contribution in [0, 0.1) is 5.92 Å². The number of nitrogens with one attached hydrogen (secondary N) is 2. The highest BCUT2D eigenvalue weighted by atomic mass is 16.5. The number of ether oxygens (including phenoxy) is 2. The summed E-state index contributed by atoms with van der Waals surface area (Å²) in [5.74, 6) is 1.82. The summed E-state index contributed by atoms with van der Waals surface area (Å²) < 4.78 is 10.8. The predicted molar refractivity (Wildman–Crippen MR) is 136 cm³/mol. The minimum Gasteiger partial charge on any atom is -0.495 e. The molecular formula is C27H30N4O4. The number of carbonyl (C=O) groups is 2. The fraction of sp³-hybridized carbons (Fsp3) is 0.296. The fourth-order valence-corrected chi connectivity index (χ4v) is 4.09. The first-order valence-electron chi connectivity index (χ1n) is 11.8. The van der Waals surface area contributed by atoms with E-state index < -0.39 is 0 Å². The molecule has 0 bridgehead atoms. The topological polar surface area (TPSA) is 92.8 Å². The Hall–Kier alpha value is -4.07. The van der Waals surface area contributed by atoms with Crippen LogP contribution in [0.2, 0.25) is 0 Å². The molecule has 0 aliphatic carbocycles. The second-order valence-corrected chi connectivity index (χ2v) is 8.27. The normalized spacial score (nSPS) is 13.7. The summed E-state index contributed by atoms with van der Waals surface area (Å²) in [5, 5.41) is 5.89. The molecule has 0 atom stereocenters. The third kappa shape index (κ3) is 6.09. The van der Waals surface area contributed by atoms with Crippen LogP contribution in [0.3, 0.4) is 0 Å². The van der Waals surface area contributed by atoms with Gasteiger partial charge in [0.1, 0.15) is 17.3 Å². The van der Waals surface area contributed by atoms with Crippen molar-refractivity contribution in [3.05, 3.63) is 72.4 Å². The summed E-state index contributed by atoms with van der Waals surface area (Å²) in [6, 6.07) is 18.1. The maximum absolute atomic E-state index is 12.8. The summed E-state index contributed by atoms with van der Waals surface area (Å²) in [7, 11) is 1.59. The van der Waals surface area contributed by atoms with Crippen molar-refractivity contribution in [1.29, 1.82) is 0 Å². The van der Waals surface area contributed by atoms with Crippen LogP contribution < -0.4 is 25.0 Å². The van der Waals surface area contributed by atoms with Gasteiger partial charge in [-0.1, -0.05) is 12.1 Å². The van der Waals surface area contributed by atoms with Crippen molar-refractivity contribution < 1.29 is 19.1 Å². The summed E-state index contributed by atoms with van der Waals surface area (Å²) in [6.45, 7) is 3.88. The van der Waals surface area contributed by atoms with E-state index in [1.54, 1.807) is 25.4 Å². The van der Waals surface area contributed by atoms with E-state index in [1.165, 1.54) is 0 Å². The third-order valence-corrected chi connectivity index (χ3v) is 5.99. The number of carbonyl (C=O) groups excluding carboxylic acids is 2. The lowest BCUT2D eigenvalue weighted by atomic mass is 9.95. The fourth-order valence-electron chi connectivity index (χ4n) is 4.09. The number of methoxy groups -OCH3 is 1. The summed E-state index contributed by atoms with van der Waals surface area (Å²) in [5.41, 5.74) is 1.90. The van der Waals surface area contributed by atoms with E-state index in [9.17, 15) is 9.59 Å². The lowest BCUT2D eigenvalue weighted by Gasteiger charge is -2.32. The van der Waals surface area contributed by atoms with Gasteiger partial charge in [-0.15, -0.1) is 0 Å². The molecule has 0 saturated carbocycles. The molecule has 0 spiro atoms. The van der Waals surface area contributed by atoms with E-state index >= 15 is 0 Å². The van der Waals surface area contributed by atoms with Gasteiger partial charge in [0.05, 0.1) is 19.4 Å². The molecule has 1 aliphatic heterocycles. The molecule has 2 heterocycles.